The normalized spacial score (nSPS) is 10.5. The number of carbonyl (C=O) groups excluding carboxylic acids is 2. The average molecular weight is 325 g/mol. The number of hydrogen-bond donors (Lipinski definition) is 3. The second-order valence-corrected chi connectivity index (χ2v) is 5.24. The monoisotopic (exact) mass is 325 g/mol. The number of aromatic nitrogens is 3. The van der Waals surface area contributed by atoms with Crippen molar-refractivity contribution in [1.29, 1.82) is 0 Å². The van der Waals surface area contributed by atoms with E-state index in [0.29, 0.717) is 10.8 Å². The summed E-state index contributed by atoms with van der Waals surface area (Å²) in [7, 11) is 1.83. The number of hydrazine groups is 1. The highest BCUT2D eigenvalue weighted by Crippen LogP contribution is 2.11. The quantitative estimate of drug-likeness (QED) is 0.600. The zero-order valence-corrected chi connectivity index (χ0v) is 12.9. The van der Waals surface area contributed by atoms with E-state index in [1.165, 1.54) is 0 Å². The molecule has 122 valence electrons. The van der Waals surface area contributed by atoms with E-state index in [2.05, 4.69) is 21.0 Å². The van der Waals surface area contributed by atoms with E-state index in [9.17, 15) is 14.4 Å². The molecule has 2 heterocycles. The molecule has 3 rings (SSSR count). The maximum atomic E-state index is 12.2. The van der Waals surface area contributed by atoms with Crippen molar-refractivity contribution < 1.29 is 9.59 Å². The van der Waals surface area contributed by atoms with E-state index in [0.717, 1.165) is 5.69 Å². The first-order chi connectivity index (χ1) is 11.6. The van der Waals surface area contributed by atoms with E-state index in [4.69, 9.17) is 0 Å². The van der Waals surface area contributed by atoms with Gasteiger partial charge in [-0.05, 0) is 18.2 Å². The number of nitrogens with one attached hydrogen (secondary N) is 3. The Morgan fingerprint density at radius 2 is 1.88 bits per heavy atom. The van der Waals surface area contributed by atoms with Gasteiger partial charge in [-0.1, -0.05) is 18.2 Å². The van der Waals surface area contributed by atoms with Crippen LogP contribution in [0.1, 0.15) is 16.2 Å². The Morgan fingerprint density at radius 1 is 1.12 bits per heavy atom. The van der Waals surface area contributed by atoms with Crippen LogP contribution in [0.25, 0.3) is 10.8 Å². The molecule has 0 radical (unpaired) electrons. The molecule has 0 saturated carbocycles. The van der Waals surface area contributed by atoms with Crippen LogP contribution in [0.15, 0.2) is 47.4 Å². The fraction of sp³-hybridized carbons (Fsp3) is 0.125. The second kappa shape index (κ2) is 6.37. The summed E-state index contributed by atoms with van der Waals surface area (Å²) in [6.45, 7) is 0. The van der Waals surface area contributed by atoms with Crippen LogP contribution in [0.2, 0.25) is 0 Å². The molecule has 2 amide bonds. The van der Waals surface area contributed by atoms with Crippen LogP contribution in [-0.4, -0.2) is 26.6 Å². The highest BCUT2D eigenvalue weighted by molar-refractivity contribution is 6.05. The van der Waals surface area contributed by atoms with Gasteiger partial charge in [0.1, 0.15) is 0 Å². The van der Waals surface area contributed by atoms with E-state index in [-0.39, 0.29) is 23.6 Å². The summed E-state index contributed by atoms with van der Waals surface area (Å²) in [6, 6.07) is 10.3. The lowest BCUT2D eigenvalue weighted by atomic mass is 10.1. The van der Waals surface area contributed by atoms with Gasteiger partial charge in [-0.25, -0.2) is 5.10 Å². The van der Waals surface area contributed by atoms with Crippen LogP contribution in [0.3, 0.4) is 0 Å². The van der Waals surface area contributed by atoms with Crippen molar-refractivity contribution in [1.82, 2.24) is 25.6 Å². The number of hydrogen-bond acceptors (Lipinski definition) is 4. The summed E-state index contributed by atoms with van der Waals surface area (Å²) < 4.78 is 1.82. The molecule has 1 aromatic carbocycles. The Balaban J connectivity index is 1.72. The maximum Gasteiger partial charge on any atom is 0.290 e. The molecular weight excluding hydrogens is 310 g/mol. The van der Waals surface area contributed by atoms with Crippen molar-refractivity contribution in [3.05, 3.63) is 64.3 Å². The number of H-pyrrole nitrogens is 1. The van der Waals surface area contributed by atoms with Crippen LogP contribution in [-0.2, 0) is 18.3 Å². The molecule has 0 aliphatic heterocycles. The molecular formula is C16H15N5O3. The third kappa shape index (κ3) is 3.02. The Bertz CT molecular complexity index is 973. The summed E-state index contributed by atoms with van der Waals surface area (Å²) in [5.74, 6) is -0.971. The highest BCUT2D eigenvalue weighted by atomic mass is 16.2. The lowest BCUT2D eigenvalue weighted by molar-refractivity contribution is -0.121. The Kier molecular flexibility index (Phi) is 4.11. The number of carbonyl (C=O) groups is 2. The van der Waals surface area contributed by atoms with Gasteiger partial charge in [-0.2, -0.15) is 5.10 Å². The van der Waals surface area contributed by atoms with Gasteiger partial charge in [0.05, 0.1) is 11.8 Å². The number of amides is 2. The molecule has 3 aromatic rings. The SMILES string of the molecule is Cn1cccc1CC(=O)NNC(=O)c1n[nH]c(=O)c2ccccc12. The van der Waals surface area contributed by atoms with Crippen molar-refractivity contribution in [3.8, 4) is 0 Å². The van der Waals surface area contributed by atoms with Crippen LogP contribution in [0.4, 0.5) is 0 Å². The fourth-order valence-corrected chi connectivity index (χ4v) is 2.36. The number of fused-ring (bicyclic) bond motifs is 1. The van der Waals surface area contributed by atoms with Gasteiger partial charge < -0.3 is 4.57 Å². The van der Waals surface area contributed by atoms with Gasteiger partial charge in [0.15, 0.2) is 5.69 Å². The second-order valence-electron chi connectivity index (χ2n) is 5.24. The van der Waals surface area contributed by atoms with Gasteiger partial charge >= 0.3 is 0 Å². The first-order valence-corrected chi connectivity index (χ1v) is 7.23. The zero-order valence-electron chi connectivity index (χ0n) is 12.9. The first-order valence-electron chi connectivity index (χ1n) is 7.23. The lowest BCUT2D eigenvalue weighted by Crippen LogP contribution is -2.43. The summed E-state index contributed by atoms with van der Waals surface area (Å²) in [6.07, 6.45) is 1.96. The number of nitrogens with zero attached hydrogens (tertiary/aromatic N) is 2. The summed E-state index contributed by atoms with van der Waals surface area (Å²) >= 11 is 0. The van der Waals surface area contributed by atoms with Crippen molar-refractivity contribution in [2.24, 2.45) is 7.05 Å². The Morgan fingerprint density at radius 3 is 2.58 bits per heavy atom. The largest absolute Gasteiger partial charge is 0.354 e. The van der Waals surface area contributed by atoms with E-state index >= 15 is 0 Å². The molecule has 0 aliphatic rings. The summed E-state index contributed by atoms with van der Waals surface area (Å²) in [4.78, 5) is 35.8. The van der Waals surface area contributed by atoms with Crippen molar-refractivity contribution in [2.45, 2.75) is 6.42 Å². The minimum Gasteiger partial charge on any atom is -0.354 e. The average Bonchev–Trinajstić information content (AvgIpc) is 2.98. The molecule has 0 atom stereocenters. The van der Waals surface area contributed by atoms with Crippen molar-refractivity contribution >= 4 is 22.6 Å². The van der Waals surface area contributed by atoms with E-state index < -0.39 is 5.91 Å². The molecule has 0 saturated heterocycles. The number of aromatic amines is 1. The van der Waals surface area contributed by atoms with E-state index in [1.54, 1.807) is 24.3 Å². The summed E-state index contributed by atoms with van der Waals surface area (Å²) in [5, 5.41) is 6.81. The highest BCUT2D eigenvalue weighted by Gasteiger charge is 2.15. The van der Waals surface area contributed by atoms with Crippen LogP contribution >= 0.6 is 0 Å². The minimum atomic E-state index is -0.609. The third-order valence-electron chi connectivity index (χ3n) is 3.62. The van der Waals surface area contributed by atoms with Crippen molar-refractivity contribution in [2.75, 3.05) is 0 Å². The molecule has 3 N–H and O–H groups in total. The molecule has 0 spiro atoms. The van der Waals surface area contributed by atoms with Crippen molar-refractivity contribution in [3.63, 3.8) is 0 Å². The standard InChI is InChI=1S/C16H15N5O3/c1-21-8-4-5-10(21)9-13(22)17-20-16(24)14-11-6-2-3-7-12(11)15(23)19-18-14/h2-8H,9H2,1H3,(H,17,22)(H,19,23)(H,20,24). The van der Waals surface area contributed by atoms with Gasteiger partial charge in [0.2, 0.25) is 5.91 Å². The Labute approximate surface area is 136 Å². The smallest absolute Gasteiger partial charge is 0.290 e. The van der Waals surface area contributed by atoms with Crippen LogP contribution in [0.5, 0.6) is 0 Å². The van der Waals surface area contributed by atoms with Crippen LogP contribution in [0, 0.1) is 0 Å². The molecule has 0 fully saturated rings. The van der Waals surface area contributed by atoms with Gasteiger partial charge in [-0.15, -0.1) is 0 Å². The van der Waals surface area contributed by atoms with E-state index in [1.807, 2.05) is 29.9 Å². The Hall–Kier alpha value is -3.42. The zero-order chi connectivity index (χ0) is 17.1. The summed E-state index contributed by atoms with van der Waals surface area (Å²) in [5.41, 5.74) is 5.12. The molecule has 2 aromatic heterocycles. The fourth-order valence-electron chi connectivity index (χ4n) is 2.36. The minimum absolute atomic E-state index is 0.0318. The molecule has 8 nitrogen and oxygen atoms in total. The molecule has 24 heavy (non-hydrogen) atoms. The molecule has 0 aliphatic carbocycles. The van der Waals surface area contributed by atoms with Gasteiger partial charge in [0.25, 0.3) is 11.5 Å². The predicted octanol–water partition coefficient (Wildman–Crippen LogP) is 0.265. The van der Waals surface area contributed by atoms with Gasteiger partial charge in [0, 0.05) is 24.3 Å². The number of aryl methyl sites for hydroxylation is 1. The van der Waals surface area contributed by atoms with Gasteiger partial charge in [-0.3, -0.25) is 25.2 Å². The molecule has 0 unspecified atom stereocenters. The molecule has 8 heteroatoms. The lowest BCUT2D eigenvalue weighted by Gasteiger charge is -2.08. The maximum absolute atomic E-state index is 12.2. The first kappa shape index (κ1) is 15.5. The number of rotatable bonds is 3. The third-order valence-corrected chi connectivity index (χ3v) is 3.62. The number of benzene rings is 1. The molecule has 0 bridgehead atoms. The topological polar surface area (TPSA) is 109 Å². The predicted molar refractivity (Wildman–Crippen MR) is 87.1 cm³/mol. The van der Waals surface area contributed by atoms with Crippen LogP contribution < -0.4 is 16.4 Å².